The number of amides is 1. The van der Waals surface area contributed by atoms with Gasteiger partial charge in [-0.25, -0.2) is 0 Å². The molecule has 2 N–H and O–H groups in total. The van der Waals surface area contributed by atoms with Crippen molar-refractivity contribution in [2.45, 2.75) is 82.3 Å². The lowest BCUT2D eigenvalue weighted by Crippen LogP contribution is -2.49. The van der Waals surface area contributed by atoms with Gasteiger partial charge in [0.05, 0.1) is 0 Å². The lowest BCUT2D eigenvalue weighted by atomic mass is 9.92. The van der Waals surface area contributed by atoms with E-state index in [0.717, 1.165) is 31.8 Å². The quantitative estimate of drug-likeness (QED) is 0.834. The van der Waals surface area contributed by atoms with Crippen molar-refractivity contribution in [1.82, 2.24) is 15.5 Å². The molecule has 1 aliphatic carbocycles. The van der Waals surface area contributed by atoms with Crippen LogP contribution in [0.4, 0.5) is 0 Å². The van der Waals surface area contributed by atoms with Gasteiger partial charge >= 0.3 is 0 Å². The summed E-state index contributed by atoms with van der Waals surface area (Å²) in [5.74, 6) is 0.255. The predicted molar refractivity (Wildman–Crippen MR) is 85.3 cm³/mol. The molecule has 1 amide bonds. The Balaban J connectivity index is 1.35. The smallest absolute Gasteiger partial charge is 0.221 e. The first-order valence-electron chi connectivity index (χ1n) is 9.08. The van der Waals surface area contributed by atoms with Crippen LogP contribution in [0, 0.1) is 0 Å². The van der Waals surface area contributed by atoms with E-state index in [-0.39, 0.29) is 5.91 Å². The van der Waals surface area contributed by atoms with Gasteiger partial charge in [0.25, 0.3) is 0 Å². The van der Waals surface area contributed by atoms with Crippen LogP contribution in [0.1, 0.15) is 64.2 Å². The number of likely N-dealkylation sites (tertiary alicyclic amines) is 1. The molecule has 2 saturated heterocycles. The molecule has 3 rings (SSSR count). The molecule has 2 heterocycles. The number of nitrogens with one attached hydrogen (secondary N) is 2. The minimum Gasteiger partial charge on any atom is -0.353 e. The number of piperidine rings is 1. The Labute approximate surface area is 129 Å². The van der Waals surface area contributed by atoms with Gasteiger partial charge in [-0.05, 0) is 45.1 Å². The molecule has 4 heteroatoms. The van der Waals surface area contributed by atoms with Crippen molar-refractivity contribution in [3.63, 3.8) is 0 Å². The Hall–Kier alpha value is -0.610. The summed E-state index contributed by atoms with van der Waals surface area (Å²) < 4.78 is 0. The highest BCUT2D eigenvalue weighted by atomic mass is 16.1. The summed E-state index contributed by atoms with van der Waals surface area (Å²) in [4.78, 5) is 14.8. The third-order valence-corrected chi connectivity index (χ3v) is 5.58. The Kier molecular flexibility index (Phi) is 5.53. The highest BCUT2D eigenvalue weighted by Gasteiger charge is 2.27. The highest BCUT2D eigenvalue weighted by Crippen LogP contribution is 2.25. The van der Waals surface area contributed by atoms with Gasteiger partial charge in [-0.1, -0.05) is 19.3 Å². The summed E-state index contributed by atoms with van der Waals surface area (Å²) in [6, 6.07) is 1.67. The lowest BCUT2D eigenvalue weighted by Gasteiger charge is -2.39. The molecule has 0 radical (unpaired) electrons. The zero-order valence-corrected chi connectivity index (χ0v) is 13.3. The Morgan fingerprint density at radius 2 is 1.76 bits per heavy atom. The fraction of sp³-hybridized carbons (Fsp3) is 0.941. The second-order valence-electron chi connectivity index (χ2n) is 7.17. The second-order valence-corrected chi connectivity index (χ2v) is 7.17. The van der Waals surface area contributed by atoms with Crippen molar-refractivity contribution in [3.8, 4) is 0 Å². The first-order chi connectivity index (χ1) is 10.3. The molecule has 4 nitrogen and oxygen atoms in total. The fourth-order valence-corrected chi connectivity index (χ4v) is 4.30. The molecule has 3 fully saturated rings. The average Bonchev–Trinajstić information content (AvgIpc) is 3.02. The van der Waals surface area contributed by atoms with Crippen molar-refractivity contribution >= 4 is 5.91 Å². The zero-order chi connectivity index (χ0) is 14.5. The predicted octanol–water partition coefficient (Wildman–Crippen LogP) is 2.04. The van der Waals surface area contributed by atoms with E-state index < -0.39 is 0 Å². The Morgan fingerprint density at radius 3 is 2.43 bits per heavy atom. The average molecular weight is 293 g/mol. The summed E-state index contributed by atoms with van der Waals surface area (Å²) in [7, 11) is 0. The highest BCUT2D eigenvalue weighted by molar-refractivity contribution is 5.76. The van der Waals surface area contributed by atoms with Crippen molar-refractivity contribution in [2.24, 2.45) is 0 Å². The van der Waals surface area contributed by atoms with Crippen LogP contribution in [0.3, 0.4) is 0 Å². The van der Waals surface area contributed by atoms with Crippen LogP contribution in [0.25, 0.3) is 0 Å². The van der Waals surface area contributed by atoms with Gasteiger partial charge in [-0.2, -0.15) is 0 Å². The molecule has 0 aromatic heterocycles. The molecule has 0 aromatic rings. The molecule has 120 valence electrons. The molecule has 1 atom stereocenters. The molecule has 1 saturated carbocycles. The van der Waals surface area contributed by atoms with Gasteiger partial charge in [0.1, 0.15) is 0 Å². The number of hydrogen-bond acceptors (Lipinski definition) is 3. The molecule has 1 unspecified atom stereocenters. The van der Waals surface area contributed by atoms with Crippen LogP contribution in [0.15, 0.2) is 0 Å². The molecule has 0 spiro atoms. The maximum absolute atomic E-state index is 12.1. The number of carbonyl (C=O) groups is 1. The van der Waals surface area contributed by atoms with E-state index in [1.807, 2.05) is 0 Å². The van der Waals surface area contributed by atoms with Gasteiger partial charge in [0.2, 0.25) is 5.91 Å². The number of carbonyl (C=O) groups excluding carboxylic acids is 1. The SMILES string of the molecule is O=C(CC1CCCN1)NC1CCN(C2CCCCC2)CC1. The second kappa shape index (κ2) is 7.59. The summed E-state index contributed by atoms with van der Waals surface area (Å²) >= 11 is 0. The minimum absolute atomic E-state index is 0.255. The Morgan fingerprint density at radius 1 is 1.00 bits per heavy atom. The van der Waals surface area contributed by atoms with Crippen LogP contribution < -0.4 is 10.6 Å². The van der Waals surface area contributed by atoms with Crippen LogP contribution in [0.2, 0.25) is 0 Å². The summed E-state index contributed by atoms with van der Waals surface area (Å²) in [6.45, 7) is 3.44. The van der Waals surface area contributed by atoms with Gasteiger partial charge in [0.15, 0.2) is 0 Å². The third kappa shape index (κ3) is 4.43. The molecular weight excluding hydrogens is 262 g/mol. The van der Waals surface area contributed by atoms with Crippen LogP contribution in [-0.2, 0) is 4.79 Å². The van der Waals surface area contributed by atoms with Gasteiger partial charge < -0.3 is 15.5 Å². The van der Waals surface area contributed by atoms with Crippen LogP contribution in [0.5, 0.6) is 0 Å². The summed E-state index contributed by atoms with van der Waals surface area (Å²) in [5, 5.41) is 6.67. The van der Waals surface area contributed by atoms with Gasteiger partial charge in [0, 0.05) is 37.6 Å². The largest absolute Gasteiger partial charge is 0.353 e. The van der Waals surface area contributed by atoms with E-state index in [9.17, 15) is 4.79 Å². The minimum atomic E-state index is 0.255. The molecule has 3 aliphatic rings. The summed E-state index contributed by atoms with van der Waals surface area (Å²) in [5.41, 5.74) is 0. The van der Waals surface area contributed by atoms with Gasteiger partial charge in [-0.15, -0.1) is 0 Å². The normalized spacial score (nSPS) is 29.6. The van der Waals surface area contributed by atoms with E-state index in [1.165, 1.54) is 51.6 Å². The topological polar surface area (TPSA) is 44.4 Å². The maximum atomic E-state index is 12.1. The lowest BCUT2D eigenvalue weighted by molar-refractivity contribution is -0.122. The third-order valence-electron chi connectivity index (χ3n) is 5.58. The number of hydrogen-bond donors (Lipinski definition) is 2. The number of nitrogens with zero attached hydrogens (tertiary/aromatic N) is 1. The van der Waals surface area contributed by atoms with Crippen LogP contribution in [-0.4, -0.2) is 48.6 Å². The first kappa shape index (κ1) is 15.3. The first-order valence-corrected chi connectivity index (χ1v) is 9.08. The zero-order valence-electron chi connectivity index (χ0n) is 13.3. The molecule has 21 heavy (non-hydrogen) atoms. The van der Waals surface area contributed by atoms with Crippen LogP contribution >= 0.6 is 0 Å². The van der Waals surface area contributed by atoms with E-state index in [4.69, 9.17) is 0 Å². The van der Waals surface area contributed by atoms with Crippen molar-refractivity contribution in [1.29, 1.82) is 0 Å². The molecular formula is C17H31N3O. The van der Waals surface area contributed by atoms with E-state index in [0.29, 0.717) is 18.5 Å². The summed E-state index contributed by atoms with van der Waals surface area (Å²) in [6.07, 6.45) is 12.4. The van der Waals surface area contributed by atoms with Crippen molar-refractivity contribution < 1.29 is 4.79 Å². The van der Waals surface area contributed by atoms with Gasteiger partial charge in [-0.3, -0.25) is 4.79 Å². The molecule has 0 bridgehead atoms. The fourth-order valence-electron chi connectivity index (χ4n) is 4.30. The van der Waals surface area contributed by atoms with Crippen molar-refractivity contribution in [3.05, 3.63) is 0 Å². The molecule has 0 aromatic carbocycles. The van der Waals surface area contributed by atoms with E-state index >= 15 is 0 Å². The standard InChI is InChI=1S/C17H31N3O/c21-17(13-15-5-4-10-18-15)19-14-8-11-20(12-9-14)16-6-2-1-3-7-16/h14-16,18H,1-13H2,(H,19,21). The Bertz CT molecular complexity index is 327. The van der Waals surface area contributed by atoms with E-state index in [1.54, 1.807) is 0 Å². The van der Waals surface area contributed by atoms with Crippen molar-refractivity contribution in [2.75, 3.05) is 19.6 Å². The number of rotatable bonds is 4. The molecule has 2 aliphatic heterocycles. The monoisotopic (exact) mass is 293 g/mol. The maximum Gasteiger partial charge on any atom is 0.221 e. The van der Waals surface area contributed by atoms with E-state index in [2.05, 4.69) is 15.5 Å².